The van der Waals surface area contributed by atoms with Gasteiger partial charge in [-0.2, -0.15) is 0 Å². The van der Waals surface area contributed by atoms with Crippen LogP contribution in [0, 0.1) is 0 Å². The summed E-state index contributed by atoms with van der Waals surface area (Å²) >= 11 is 1.59. The zero-order valence-corrected chi connectivity index (χ0v) is 11.0. The molecule has 0 amide bonds. The number of rotatable bonds is 4. The molecule has 1 aromatic carbocycles. The molecule has 3 rings (SSSR count). The minimum Gasteiger partial charge on any atom is -0.395 e. The number of nitrogens with zero attached hydrogens (tertiary/aromatic N) is 2. The normalized spacial score (nSPS) is 10.8. The first-order chi connectivity index (χ1) is 9.36. The molecule has 96 valence electrons. The van der Waals surface area contributed by atoms with E-state index in [0.717, 1.165) is 26.6 Å². The quantitative estimate of drug-likeness (QED) is 0.766. The monoisotopic (exact) mass is 271 g/mol. The summed E-state index contributed by atoms with van der Waals surface area (Å²) in [6, 6.07) is 11.9. The molecule has 0 spiro atoms. The van der Waals surface area contributed by atoms with Crippen LogP contribution in [0.5, 0.6) is 0 Å². The van der Waals surface area contributed by atoms with Gasteiger partial charge in [0.1, 0.15) is 15.4 Å². The van der Waals surface area contributed by atoms with E-state index in [0.29, 0.717) is 6.54 Å². The number of benzene rings is 1. The Morgan fingerprint density at radius 2 is 2.00 bits per heavy atom. The molecule has 0 atom stereocenters. The Labute approximate surface area is 114 Å². The lowest BCUT2D eigenvalue weighted by molar-refractivity contribution is 0.311. The van der Waals surface area contributed by atoms with Gasteiger partial charge in [0.05, 0.1) is 6.61 Å². The minimum atomic E-state index is 0.130. The summed E-state index contributed by atoms with van der Waals surface area (Å²) in [6.07, 6.45) is 1.78. The second-order valence-electron chi connectivity index (χ2n) is 4.07. The van der Waals surface area contributed by atoms with Crippen LogP contribution in [-0.2, 0) is 0 Å². The molecule has 0 fully saturated rings. The van der Waals surface area contributed by atoms with Crippen molar-refractivity contribution in [1.29, 1.82) is 0 Å². The van der Waals surface area contributed by atoms with Crippen molar-refractivity contribution in [3.05, 3.63) is 42.6 Å². The second kappa shape index (κ2) is 5.34. The van der Waals surface area contributed by atoms with Crippen molar-refractivity contribution >= 4 is 27.4 Å². The summed E-state index contributed by atoms with van der Waals surface area (Å²) in [5.41, 5.74) is 3.01. The first kappa shape index (κ1) is 12.1. The van der Waals surface area contributed by atoms with E-state index < -0.39 is 0 Å². The van der Waals surface area contributed by atoms with Gasteiger partial charge >= 0.3 is 0 Å². The van der Waals surface area contributed by atoms with Crippen LogP contribution in [0.3, 0.4) is 0 Å². The average molecular weight is 271 g/mol. The Hall–Kier alpha value is -1.98. The van der Waals surface area contributed by atoms with Crippen LogP contribution < -0.4 is 5.32 Å². The number of aromatic nitrogens is 2. The first-order valence-electron chi connectivity index (χ1n) is 6.03. The van der Waals surface area contributed by atoms with E-state index in [4.69, 9.17) is 5.11 Å². The fourth-order valence-corrected chi connectivity index (χ4v) is 2.74. The molecule has 3 aromatic rings. The van der Waals surface area contributed by atoms with Gasteiger partial charge in [0.15, 0.2) is 0 Å². The standard InChI is InChI=1S/C14H13N3OS/c18-9-8-15-11-5-3-10(4-6-11)13-17-12-2-1-7-16-14(12)19-13/h1-7,15,18H,8-9H2. The molecule has 0 saturated carbocycles. The minimum absolute atomic E-state index is 0.130. The van der Waals surface area contributed by atoms with Crippen LogP contribution >= 0.6 is 11.3 Å². The van der Waals surface area contributed by atoms with E-state index in [2.05, 4.69) is 15.3 Å². The molecule has 0 saturated heterocycles. The van der Waals surface area contributed by atoms with E-state index >= 15 is 0 Å². The number of nitrogens with one attached hydrogen (secondary N) is 1. The predicted molar refractivity (Wildman–Crippen MR) is 78.4 cm³/mol. The molecular weight excluding hydrogens is 258 g/mol. The van der Waals surface area contributed by atoms with Crippen molar-refractivity contribution in [2.45, 2.75) is 0 Å². The number of hydrogen-bond donors (Lipinski definition) is 2. The van der Waals surface area contributed by atoms with E-state index in [1.807, 2.05) is 36.4 Å². The Kier molecular flexibility index (Phi) is 3.39. The summed E-state index contributed by atoms with van der Waals surface area (Å²) in [7, 11) is 0. The molecule has 0 aliphatic heterocycles. The Morgan fingerprint density at radius 3 is 2.74 bits per heavy atom. The molecule has 0 aliphatic rings. The topological polar surface area (TPSA) is 58.0 Å². The molecule has 19 heavy (non-hydrogen) atoms. The van der Waals surface area contributed by atoms with Crippen molar-refractivity contribution in [3.63, 3.8) is 0 Å². The van der Waals surface area contributed by atoms with E-state index in [1.165, 1.54) is 0 Å². The molecule has 5 heteroatoms. The summed E-state index contributed by atoms with van der Waals surface area (Å²) in [5.74, 6) is 0. The van der Waals surface area contributed by atoms with Crippen LogP contribution in [0.1, 0.15) is 0 Å². The summed E-state index contributed by atoms with van der Waals surface area (Å²) in [4.78, 5) is 9.83. The molecule has 4 nitrogen and oxygen atoms in total. The smallest absolute Gasteiger partial charge is 0.143 e. The molecule has 0 aliphatic carbocycles. The maximum Gasteiger partial charge on any atom is 0.143 e. The van der Waals surface area contributed by atoms with Crippen LogP contribution in [0.4, 0.5) is 5.69 Å². The predicted octanol–water partition coefficient (Wildman–Crippen LogP) is 2.76. The number of aliphatic hydroxyl groups is 1. The Bertz CT molecular complexity index is 645. The fraction of sp³-hybridized carbons (Fsp3) is 0.143. The van der Waals surface area contributed by atoms with Crippen molar-refractivity contribution in [3.8, 4) is 10.6 Å². The van der Waals surface area contributed by atoms with Gasteiger partial charge in [-0.05, 0) is 36.4 Å². The number of thiazole rings is 1. The fourth-order valence-electron chi connectivity index (χ4n) is 1.82. The molecule has 2 aromatic heterocycles. The van der Waals surface area contributed by atoms with Gasteiger partial charge in [-0.1, -0.05) is 11.3 Å². The maximum absolute atomic E-state index is 8.76. The lowest BCUT2D eigenvalue weighted by atomic mass is 10.2. The van der Waals surface area contributed by atoms with Gasteiger partial charge in [0, 0.05) is 24.0 Å². The van der Waals surface area contributed by atoms with Crippen LogP contribution in [0.25, 0.3) is 20.9 Å². The van der Waals surface area contributed by atoms with Gasteiger partial charge in [0.25, 0.3) is 0 Å². The van der Waals surface area contributed by atoms with Crippen molar-refractivity contribution in [2.75, 3.05) is 18.5 Å². The van der Waals surface area contributed by atoms with Crippen molar-refractivity contribution in [2.24, 2.45) is 0 Å². The summed E-state index contributed by atoms with van der Waals surface area (Å²) < 4.78 is 0. The highest BCUT2D eigenvalue weighted by atomic mass is 32.1. The molecule has 0 bridgehead atoms. The zero-order chi connectivity index (χ0) is 13.1. The number of anilines is 1. The van der Waals surface area contributed by atoms with Crippen molar-refractivity contribution in [1.82, 2.24) is 9.97 Å². The number of aliphatic hydroxyl groups excluding tert-OH is 1. The molecule has 2 heterocycles. The third kappa shape index (κ3) is 2.57. The molecular formula is C14H13N3OS. The number of pyridine rings is 1. The highest BCUT2D eigenvalue weighted by Crippen LogP contribution is 2.29. The van der Waals surface area contributed by atoms with Crippen LogP contribution in [-0.4, -0.2) is 28.2 Å². The molecule has 0 unspecified atom stereocenters. The van der Waals surface area contributed by atoms with Gasteiger partial charge < -0.3 is 10.4 Å². The number of hydrogen-bond acceptors (Lipinski definition) is 5. The van der Waals surface area contributed by atoms with E-state index in [-0.39, 0.29) is 6.61 Å². The van der Waals surface area contributed by atoms with Crippen LogP contribution in [0.15, 0.2) is 42.6 Å². The SMILES string of the molecule is OCCNc1ccc(-c2nc3cccnc3s2)cc1. The maximum atomic E-state index is 8.76. The van der Waals surface area contributed by atoms with Gasteiger partial charge in [0.2, 0.25) is 0 Å². The zero-order valence-electron chi connectivity index (χ0n) is 10.2. The third-order valence-electron chi connectivity index (χ3n) is 2.74. The highest BCUT2D eigenvalue weighted by molar-refractivity contribution is 7.21. The second-order valence-corrected chi connectivity index (χ2v) is 5.05. The first-order valence-corrected chi connectivity index (χ1v) is 6.85. The van der Waals surface area contributed by atoms with Crippen molar-refractivity contribution < 1.29 is 5.11 Å². The van der Waals surface area contributed by atoms with E-state index in [1.54, 1.807) is 17.5 Å². The third-order valence-corrected chi connectivity index (χ3v) is 3.77. The molecule has 0 radical (unpaired) electrons. The largest absolute Gasteiger partial charge is 0.395 e. The average Bonchev–Trinajstić information content (AvgIpc) is 2.89. The van der Waals surface area contributed by atoms with Gasteiger partial charge in [-0.3, -0.25) is 0 Å². The summed E-state index contributed by atoms with van der Waals surface area (Å²) in [5, 5.41) is 12.9. The number of fused-ring (bicyclic) bond motifs is 1. The van der Waals surface area contributed by atoms with Gasteiger partial charge in [-0.15, -0.1) is 0 Å². The van der Waals surface area contributed by atoms with Gasteiger partial charge in [-0.25, -0.2) is 9.97 Å². The highest BCUT2D eigenvalue weighted by Gasteiger charge is 2.06. The van der Waals surface area contributed by atoms with Crippen LogP contribution in [0.2, 0.25) is 0 Å². The Morgan fingerprint density at radius 1 is 1.16 bits per heavy atom. The lowest BCUT2D eigenvalue weighted by Crippen LogP contribution is -2.04. The molecule has 2 N–H and O–H groups in total. The lowest BCUT2D eigenvalue weighted by Gasteiger charge is -2.04. The Balaban J connectivity index is 1.88. The summed E-state index contributed by atoms with van der Waals surface area (Å²) in [6.45, 7) is 0.690. The van der Waals surface area contributed by atoms with E-state index in [9.17, 15) is 0 Å².